The van der Waals surface area contributed by atoms with Crippen LogP contribution in [0.4, 0.5) is 5.69 Å². The van der Waals surface area contributed by atoms with Crippen molar-refractivity contribution in [3.8, 4) is 17.1 Å². The number of nitrogens with zero attached hydrogens (tertiary/aromatic N) is 4. The van der Waals surface area contributed by atoms with E-state index in [0.29, 0.717) is 23.2 Å². The van der Waals surface area contributed by atoms with E-state index in [4.69, 9.17) is 9.26 Å². The van der Waals surface area contributed by atoms with Crippen molar-refractivity contribution >= 4 is 17.5 Å². The Morgan fingerprint density at radius 3 is 2.73 bits per heavy atom. The van der Waals surface area contributed by atoms with Gasteiger partial charge in [0.1, 0.15) is 18.3 Å². The van der Waals surface area contributed by atoms with Gasteiger partial charge in [0.15, 0.2) is 6.61 Å². The maximum Gasteiger partial charge on any atom is 0.265 e. The number of carbonyl (C=O) groups is 2. The molecular weight excluding hydrogens is 386 g/mol. The molecule has 0 bridgehead atoms. The predicted octanol–water partition coefficient (Wildman–Crippen LogP) is 2.37. The first-order valence-electron chi connectivity index (χ1n) is 9.58. The van der Waals surface area contributed by atoms with E-state index in [0.717, 1.165) is 5.56 Å². The molecule has 2 aromatic heterocycles. The Morgan fingerprint density at radius 2 is 1.97 bits per heavy atom. The number of nitrogens with one attached hydrogen (secondary N) is 1. The molecule has 1 N–H and O–H groups in total. The van der Waals surface area contributed by atoms with E-state index < -0.39 is 6.04 Å². The number of amides is 2. The van der Waals surface area contributed by atoms with E-state index in [2.05, 4.69) is 20.4 Å². The fourth-order valence-corrected chi connectivity index (χ4v) is 3.18. The fourth-order valence-electron chi connectivity index (χ4n) is 3.18. The zero-order chi connectivity index (χ0) is 21.1. The van der Waals surface area contributed by atoms with Crippen molar-refractivity contribution in [2.75, 3.05) is 18.1 Å². The zero-order valence-electron chi connectivity index (χ0n) is 16.6. The lowest BCUT2D eigenvalue weighted by atomic mass is 10.0. The molecule has 30 heavy (non-hydrogen) atoms. The molecule has 1 aliphatic heterocycles. The molecule has 9 heteroatoms. The molecular formula is C21H21N5O4. The van der Waals surface area contributed by atoms with Crippen LogP contribution in [0, 0.1) is 5.92 Å². The number of anilines is 1. The minimum absolute atomic E-state index is 0.00707. The van der Waals surface area contributed by atoms with Crippen molar-refractivity contribution in [2.45, 2.75) is 19.9 Å². The summed E-state index contributed by atoms with van der Waals surface area (Å²) in [5, 5.41) is 6.92. The van der Waals surface area contributed by atoms with E-state index in [-0.39, 0.29) is 30.9 Å². The van der Waals surface area contributed by atoms with E-state index in [1.165, 1.54) is 4.90 Å². The number of benzene rings is 1. The summed E-state index contributed by atoms with van der Waals surface area (Å²) >= 11 is 0. The average Bonchev–Trinajstić information content (AvgIpc) is 3.24. The predicted molar refractivity (Wildman–Crippen MR) is 108 cm³/mol. The van der Waals surface area contributed by atoms with Gasteiger partial charge in [0, 0.05) is 18.0 Å². The highest BCUT2D eigenvalue weighted by molar-refractivity contribution is 6.02. The topological polar surface area (TPSA) is 110 Å². The van der Waals surface area contributed by atoms with Crippen LogP contribution in [0.2, 0.25) is 0 Å². The van der Waals surface area contributed by atoms with Gasteiger partial charge in [-0.25, -0.2) is 0 Å². The maximum absolute atomic E-state index is 12.8. The van der Waals surface area contributed by atoms with Gasteiger partial charge >= 0.3 is 0 Å². The molecule has 1 aliphatic rings. The lowest BCUT2D eigenvalue weighted by Gasteiger charge is -2.29. The second kappa shape index (κ2) is 8.32. The molecule has 0 radical (unpaired) electrons. The molecule has 3 heterocycles. The summed E-state index contributed by atoms with van der Waals surface area (Å²) in [7, 11) is 0. The molecule has 3 aromatic rings. The van der Waals surface area contributed by atoms with Crippen LogP contribution in [0.5, 0.6) is 5.75 Å². The Balaban J connectivity index is 1.50. The second-order valence-electron chi connectivity index (χ2n) is 7.22. The zero-order valence-corrected chi connectivity index (χ0v) is 16.6. The normalized spacial score (nSPS) is 14.2. The van der Waals surface area contributed by atoms with Gasteiger partial charge in [0.05, 0.1) is 5.69 Å². The van der Waals surface area contributed by atoms with Gasteiger partial charge in [0.25, 0.3) is 5.91 Å². The molecule has 1 aromatic carbocycles. The van der Waals surface area contributed by atoms with Gasteiger partial charge in [0.2, 0.25) is 17.6 Å². The summed E-state index contributed by atoms with van der Waals surface area (Å²) in [4.78, 5) is 34.9. The summed E-state index contributed by atoms with van der Waals surface area (Å²) in [6, 6.07) is 10.2. The highest BCUT2D eigenvalue weighted by Gasteiger charge is 2.30. The lowest BCUT2D eigenvalue weighted by Crippen LogP contribution is -2.46. The number of fused-ring (bicyclic) bond motifs is 1. The quantitative estimate of drug-likeness (QED) is 0.668. The summed E-state index contributed by atoms with van der Waals surface area (Å²) in [5.41, 5.74) is 1.34. The number of pyridine rings is 1. The largest absolute Gasteiger partial charge is 0.482 e. The number of hydrogen-bond donors (Lipinski definition) is 1. The molecule has 2 amide bonds. The fraction of sp³-hybridized carbons (Fsp3) is 0.286. The second-order valence-corrected chi connectivity index (χ2v) is 7.22. The van der Waals surface area contributed by atoms with E-state index in [1.54, 1.807) is 42.7 Å². The molecule has 0 saturated carbocycles. The molecule has 154 valence electrons. The number of rotatable bonds is 6. The Kier molecular flexibility index (Phi) is 5.42. The van der Waals surface area contributed by atoms with E-state index in [9.17, 15) is 9.59 Å². The van der Waals surface area contributed by atoms with Gasteiger partial charge < -0.3 is 14.6 Å². The molecule has 1 atom stereocenters. The molecule has 9 nitrogen and oxygen atoms in total. The lowest BCUT2D eigenvalue weighted by molar-refractivity contribution is -0.126. The average molecular weight is 407 g/mol. The van der Waals surface area contributed by atoms with Gasteiger partial charge in [-0.15, -0.1) is 0 Å². The molecule has 0 spiro atoms. The summed E-state index contributed by atoms with van der Waals surface area (Å²) < 4.78 is 10.8. The standard InChI is InChI=1S/C21H21N5O4/c1-13(2)19(21-24-20(25-30-21)14-7-9-22-10-8-14)23-17(27)11-26-15-5-3-4-6-16(15)29-12-18(26)28/h3-10,13,19H,11-12H2,1-2H3,(H,23,27). The molecule has 0 aliphatic carbocycles. The van der Waals surface area contributed by atoms with Crippen LogP contribution >= 0.6 is 0 Å². The minimum Gasteiger partial charge on any atom is -0.482 e. The summed E-state index contributed by atoms with van der Waals surface area (Å²) in [6.45, 7) is 3.65. The number of hydrogen-bond acceptors (Lipinski definition) is 7. The van der Waals surface area contributed by atoms with E-state index in [1.807, 2.05) is 19.9 Å². The van der Waals surface area contributed by atoms with Crippen LogP contribution in [-0.2, 0) is 9.59 Å². The minimum atomic E-state index is -0.494. The van der Waals surface area contributed by atoms with Crippen molar-refractivity contribution < 1.29 is 18.8 Å². The third kappa shape index (κ3) is 4.00. The molecule has 1 unspecified atom stereocenters. The van der Waals surface area contributed by atoms with Crippen molar-refractivity contribution in [3.05, 3.63) is 54.7 Å². The first kappa shape index (κ1) is 19.6. The van der Waals surface area contributed by atoms with Gasteiger partial charge in [-0.2, -0.15) is 4.98 Å². The van der Waals surface area contributed by atoms with Crippen LogP contribution in [0.3, 0.4) is 0 Å². The third-order valence-corrected chi connectivity index (χ3v) is 4.74. The first-order valence-corrected chi connectivity index (χ1v) is 9.58. The van der Waals surface area contributed by atoms with Crippen LogP contribution in [0.15, 0.2) is 53.3 Å². The Morgan fingerprint density at radius 1 is 1.20 bits per heavy atom. The van der Waals surface area contributed by atoms with Crippen LogP contribution in [0.1, 0.15) is 25.8 Å². The summed E-state index contributed by atoms with van der Waals surface area (Å²) in [5.74, 6) is 0.685. The number of carbonyl (C=O) groups excluding carboxylic acids is 2. The van der Waals surface area contributed by atoms with Crippen LogP contribution in [-0.4, -0.2) is 40.1 Å². The van der Waals surface area contributed by atoms with Crippen molar-refractivity contribution in [1.29, 1.82) is 0 Å². The highest BCUT2D eigenvalue weighted by atomic mass is 16.5. The Hall–Kier alpha value is -3.75. The Labute approximate surface area is 173 Å². The van der Waals surface area contributed by atoms with Crippen molar-refractivity contribution in [3.63, 3.8) is 0 Å². The number of aromatic nitrogens is 3. The maximum atomic E-state index is 12.8. The van der Waals surface area contributed by atoms with Crippen LogP contribution in [0.25, 0.3) is 11.4 Å². The number of para-hydroxylation sites is 2. The molecule has 0 saturated heterocycles. The molecule has 0 fully saturated rings. The van der Waals surface area contributed by atoms with Crippen molar-refractivity contribution in [2.24, 2.45) is 5.92 Å². The van der Waals surface area contributed by atoms with Gasteiger partial charge in [-0.05, 0) is 30.2 Å². The molecule has 4 rings (SSSR count). The third-order valence-electron chi connectivity index (χ3n) is 4.74. The number of ether oxygens (including phenoxy) is 1. The van der Waals surface area contributed by atoms with E-state index >= 15 is 0 Å². The van der Waals surface area contributed by atoms with Gasteiger partial charge in [-0.3, -0.25) is 19.5 Å². The smallest absolute Gasteiger partial charge is 0.265 e. The SMILES string of the molecule is CC(C)C(NC(=O)CN1C(=O)COc2ccccc21)c1nc(-c2ccncc2)no1. The van der Waals surface area contributed by atoms with Gasteiger partial charge in [-0.1, -0.05) is 31.1 Å². The van der Waals surface area contributed by atoms with Crippen molar-refractivity contribution in [1.82, 2.24) is 20.4 Å². The van der Waals surface area contributed by atoms with Crippen LogP contribution < -0.4 is 15.0 Å². The monoisotopic (exact) mass is 407 g/mol. The summed E-state index contributed by atoms with van der Waals surface area (Å²) in [6.07, 6.45) is 3.29. The first-order chi connectivity index (χ1) is 14.5. The Bertz CT molecular complexity index is 1050. The highest BCUT2D eigenvalue weighted by Crippen LogP contribution is 2.31.